The van der Waals surface area contributed by atoms with Gasteiger partial charge >= 0.3 is 8.56 Å². The Morgan fingerprint density at radius 2 is 1.59 bits per heavy atom. The molecule has 0 radical (unpaired) electrons. The van der Waals surface area contributed by atoms with Gasteiger partial charge in [-0.25, -0.2) is 0 Å². The molecule has 0 amide bonds. The highest BCUT2D eigenvalue weighted by atomic mass is 28.4. The summed E-state index contributed by atoms with van der Waals surface area (Å²) in [6.45, 7) is 11.0. The van der Waals surface area contributed by atoms with Crippen molar-refractivity contribution in [2.24, 2.45) is 11.8 Å². The van der Waals surface area contributed by atoms with Crippen molar-refractivity contribution >= 4 is 8.56 Å². The van der Waals surface area contributed by atoms with Crippen molar-refractivity contribution in [3.63, 3.8) is 0 Å². The average Bonchev–Trinajstić information content (AvgIpc) is 2.78. The van der Waals surface area contributed by atoms with Crippen LogP contribution >= 0.6 is 0 Å². The summed E-state index contributed by atoms with van der Waals surface area (Å²) in [7, 11) is -2.03. The van der Waals surface area contributed by atoms with Crippen molar-refractivity contribution in [1.82, 2.24) is 0 Å². The number of rotatable bonds is 1. The topological polar surface area (TPSA) is 18.5 Å². The monoisotopic (exact) mass is 252 g/mol. The molecule has 3 atom stereocenters. The Morgan fingerprint density at radius 1 is 1.00 bits per heavy atom. The zero-order valence-corrected chi connectivity index (χ0v) is 12.6. The van der Waals surface area contributed by atoms with Crippen LogP contribution in [0.25, 0.3) is 0 Å². The lowest BCUT2D eigenvalue weighted by atomic mass is 9.90. The fraction of sp³-hybridized carbons (Fsp3) is 0.857. The van der Waals surface area contributed by atoms with Gasteiger partial charge in [0.2, 0.25) is 0 Å². The van der Waals surface area contributed by atoms with Crippen LogP contribution in [0.15, 0.2) is 12.2 Å². The summed E-state index contributed by atoms with van der Waals surface area (Å²) >= 11 is 0. The maximum Gasteiger partial charge on any atom is 0.339 e. The molecule has 1 saturated heterocycles. The van der Waals surface area contributed by atoms with Gasteiger partial charge in [0, 0.05) is 5.54 Å². The van der Waals surface area contributed by atoms with Gasteiger partial charge in [0.05, 0.1) is 11.2 Å². The third kappa shape index (κ3) is 1.59. The highest BCUT2D eigenvalue weighted by molar-refractivity contribution is 6.68. The minimum absolute atomic E-state index is 0.153. The molecule has 96 valence electrons. The molecule has 1 saturated carbocycles. The third-order valence-electron chi connectivity index (χ3n) is 5.32. The number of hydrogen-bond acceptors (Lipinski definition) is 2. The molecule has 3 unspecified atom stereocenters. The van der Waals surface area contributed by atoms with Crippen LogP contribution in [0, 0.1) is 11.8 Å². The van der Waals surface area contributed by atoms with Crippen LogP contribution in [0.1, 0.15) is 40.5 Å². The van der Waals surface area contributed by atoms with Gasteiger partial charge < -0.3 is 8.85 Å². The van der Waals surface area contributed by atoms with Gasteiger partial charge in [-0.05, 0) is 58.9 Å². The van der Waals surface area contributed by atoms with Crippen molar-refractivity contribution in [3.05, 3.63) is 12.2 Å². The molecule has 0 N–H and O–H groups in total. The van der Waals surface area contributed by atoms with Crippen LogP contribution in [0.4, 0.5) is 0 Å². The van der Waals surface area contributed by atoms with Crippen LogP contribution in [-0.2, 0) is 8.85 Å². The highest BCUT2D eigenvalue weighted by Gasteiger charge is 2.62. The maximum absolute atomic E-state index is 6.47. The second-order valence-corrected chi connectivity index (χ2v) is 10.3. The summed E-state index contributed by atoms with van der Waals surface area (Å²) in [5, 5.41) is 0. The summed E-state index contributed by atoms with van der Waals surface area (Å²) in [6, 6.07) is 0. The molecule has 1 heterocycles. The first-order valence-corrected chi connectivity index (χ1v) is 9.22. The Kier molecular flexibility index (Phi) is 2.28. The van der Waals surface area contributed by atoms with E-state index >= 15 is 0 Å². The first kappa shape index (κ1) is 11.9. The highest BCUT2D eigenvalue weighted by Crippen LogP contribution is 2.56. The lowest BCUT2D eigenvalue weighted by Crippen LogP contribution is -2.42. The SMILES string of the molecule is CC1(C)O[Si](C)(C2CC3C=CC2C3)OC1(C)C. The standard InChI is InChI=1S/C14H24O2Si/c1-13(2)14(3,4)16-17(5,15-13)12-9-10-6-7-11(12)8-10/h6-7,10-12H,8-9H2,1-5H3. The molecular weight excluding hydrogens is 228 g/mol. The van der Waals surface area contributed by atoms with E-state index in [4.69, 9.17) is 8.85 Å². The fourth-order valence-electron chi connectivity index (χ4n) is 3.81. The lowest BCUT2D eigenvalue weighted by molar-refractivity contribution is 0.00578. The molecule has 3 rings (SSSR count). The summed E-state index contributed by atoms with van der Waals surface area (Å²) < 4.78 is 12.9. The van der Waals surface area contributed by atoms with Crippen LogP contribution in [0.2, 0.25) is 12.1 Å². The number of fused-ring (bicyclic) bond motifs is 2. The van der Waals surface area contributed by atoms with Crippen LogP contribution in [0.3, 0.4) is 0 Å². The third-order valence-corrected chi connectivity index (χ3v) is 9.16. The zero-order chi connectivity index (χ0) is 12.5. The van der Waals surface area contributed by atoms with E-state index in [1.165, 1.54) is 12.8 Å². The molecule has 0 aromatic carbocycles. The van der Waals surface area contributed by atoms with E-state index in [1.807, 2.05) is 0 Å². The predicted molar refractivity (Wildman–Crippen MR) is 71.1 cm³/mol. The fourth-order valence-corrected chi connectivity index (χ4v) is 8.43. The van der Waals surface area contributed by atoms with Crippen molar-refractivity contribution < 1.29 is 8.85 Å². The quantitative estimate of drug-likeness (QED) is 0.524. The van der Waals surface area contributed by atoms with Crippen LogP contribution in [0.5, 0.6) is 0 Å². The van der Waals surface area contributed by atoms with Crippen molar-refractivity contribution in [3.8, 4) is 0 Å². The summed E-state index contributed by atoms with van der Waals surface area (Å²) in [4.78, 5) is 0. The summed E-state index contributed by atoms with van der Waals surface area (Å²) in [6.07, 6.45) is 7.42. The number of allylic oxidation sites excluding steroid dienone is 2. The molecule has 17 heavy (non-hydrogen) atoms. The molecule has 2 fully saturated rings. The van der Waals surface area contributed by atoms with Crippen LogP contribution in [-0.4, -0.2) is 19.8 Å². The van der Waals surface area contributed by atoms with Crippen molar-refractivity contribution in [1.29, 1.82) is 0 Å². The molecule has 2 bridgehead atoms. The first-order valence-electron chi connectivity index (χ1n) is 6.82. The van der Waals surface area contributed by atoms with Crippen molar-refractivity contribution in [2.45, 2.75) is 63.8 Å². The maximum atomic E-state index is 6.47. The largest absolute Gasteiger partial charge is 0.386 e. The van der Waals surface area contributed by atoms with Gasteiger partial charge in [-0.3, -0.25) is 0 Å². The van der Waals surface area contributed by atoms with Crippen molar-refractivity contribution in [2.75, 3.05) is 0 Å². The van der Waals surface area contributed by atoms with Gasteiger partial charge in [0.1, 0.15) is 0 Å². The van der Waals surface area contributed by atoms with Gasteiger partial charge in [-0.2, -0.15) is 0 Å². The molecule has 0 spiro atoms. The van der Waals surface area contributed by atoms with E-state index in [2.05, 4.69) is 46.4 Å². The Labute approximate surface area is 106 Å². The Morgan fingerprint density at radius 3 is 2.00 bits per heavy atom. The zero-order valence-electron chi connectivity index (χ0n) is 11.6. The van der Waals surface area contributed by atoms with Gasteiger partial charge in [-0.1, -0.05) is 12.2 Å². The molecule has 0 aromatic rings. The minimum atomic E-state index is -2.03. The molecular formula is C14H24O2Si. The van der Waals surface area contributed by atoms with E-state index in [0.717, 1.165) is 11.8 Å². The van der Waals surface area contributed by atoms with E-state index in [-0.39, 0.29) is 11.2 Å². The molecule has 2 aliphatic carbocycles. The smallest absolute Gasteiger partial charge is 0.339 e. The van der Waals surface area contributed by atoms with E-state index in [0.29, 0.717) is 5.54 Å². The second-order valence-electron chi connectivity index (χ2n) is 7.13. The molecule has 2 nitrogen and oxygen atoms in total. The molecule has 0 aromatic heterocycles. The second kappa shape index (κ2) is 3.25. The first-order chi connectivity index (χ1) is 7.74. The van der Waals surface area contributed by atoms with E-state index < -0.39 is 8.56 Å². The molecule has 1 aliphatic heterocycles. The van der Waals surface area contributed by atoms with Gasteiger partial charge in [0.15, 0.2) is 0 Å². The van der Waals surface area contributed by atoms with E-state index in [9.17, 15) is 0 Å². The summed E-state index contributed by atoms with van der Waals surface area (Å²) in [5.74, 6) is 1.52. The van der Waals surface area contributed by atoms with E-state index in [1.54, 1.807) is 0 Å². The Hall–Kier alpha value is -0.123. The van der Waals surface area contributed by atoms with Crippen LogP contribution < -0.4 is 0 Å². The normalized spacial score (nSPS) is 44.4. The minimum Gasteiger partial charge on any atom is -0.386 e. The van der Waals surface area contributed by atoms with Gasteiger partial charge in [-0.15, -0.1) is 0 Å². The average molecular weight is 252 g/mol. The molecule has 3 aliphatic rings. The number of hydrogen-bond donors (Lipinski definition) is 0. The van der Waals surface area contributed by atoms with Gasteiger partial charge in [0.25, 0.3) is 0 Å². The molecule has 3 heteroatoms. The summed E-state index contributed by atoms with van der Waals surface area (Å²) in [5.41, 5.74) is 0.359. The Balaban J connectivity index is 1.87. The Bertz CT molecular complexity index is 356. The predicted octanol–water partition coefficient (Wildman–Crippen LogP) is 3.63. The lowest BCUT2D eigenvalue weighted by Gasteiger charge is -2.32.